The van der Waals surface area contributed by atoms with E-state index in [0.717, 1.165) is 22.0 Å². The molecule has 138 valence electrons. The normalized spacial score (nSPS) is 18.2. The van der Waals surface area contributed by atoms with Crippen molar-refractivity contribution in [3.05, 3.63) is 29.8 Å². The molecule has 0 spiro atoms. The number of nitrogens with zero attached hydrogens (tertiary/aromatic N) is 3. The van der Waals surface area contributed by atoms with Gasteiger partial charge in [0.25, 0.3) is 0 Å². The maximum Gasteiger partial charge on any atom is 0.231 e. The summed E-state index contributed by atoms with van der Waals surface area (Å²) in [4.78, 5) is 26.6. The molecule has 2 heterocycles. The third kappa shape index (κ3) is 4.24. The zero-order valence-electron chi connectivity index (χ0n) is 15.1. The summed E-state index contributed by atoms with van der Waals surface area (Å²) in [6, 6.07) is 7.72. The van der Waals surface area contributed by atoms with Gasteiger partial charge in [-0.15, -0.1) is 10.2 Å². The molecule has 3 rings (SSSR count). The van der Waals surface area contributed by atoms with Crippen LogP contribution in [0.15, 0.2) is 28.6 Å². The van der Waals surface area contributed by atoms with Crippen LogP contribution in [0, 0.1) is 12.8 Å². The van der Waals surface area contributed by atoms with Crippen LogP contribution < -0.4 is 10.2 Å². The Bertz CT molecular complexity index is 808. The number of amides is 2. The highest BCUT2D eigenvalue weighted by molar-refractivity contribution is 8.01. The van der Waals surface area contributed by atoms with Gasteiger partial charge >= 0.3 is 0 Å². The molecule has 2 atom stereocenters. The molecule has 0 bridgehead atoms. The van der Waals surface area contributed by atoms with E-state index in [0.29, 0.717) is 16.9 Å². The Balaban J connectivity index is 1.63. The summed E-state index contributed by atoms with van der Waals surface area (Å²) in [6.07, 6.45) is 1.26. The van der Waals surface area contributed by atoms with Crippen LogP contribution in [-0.4, -0.2) is 33.8 Å². The van der Waals surface area contributed by atoms with Crippen molar-refractivity contribution in [3.63, 3.8) is 0 Å². The minimum absolute atomic E-state index is 0.0234. The van der Waals surface area contributed by atoms with E-state index < -0.39 is 0 Å². The van der Waals surface area contributed by atoms with Crippen LogP contribution in [0.5, 0.6) is 0 Å². The Labute approximate surface area is 161 Å². The third-order valence-electron chi connectivity index (χ3n) is 4.42. The average Bonchev–Trinajstić information content (AvgIpc) is 3.22. The van der Waals surface area contributed by atoms with E-state index in [2.05, 4.69) is 29.4 Å². The molecule has 1 saturated heterocycles. The van der Waals surface area contributed by atoms with Crippen LogP contribution in [-0.2, 0) is 9.59 Å². The SMILES string of the molecule is CC[C@H](C)Sc1nnc(NC(=O)[C@H]2CC(=O)N(c3ccccc3C)C2)s1. The van der Waals surface area contributed by atoms with Gasteiger partial charge in [0, 0.05) is 23.9 Å². The summed E-state index contributed by atoms with van der Waals surface area (Å²) in [7, 11) is 0. The van der Waals surface area contributed by atoms with E-state index in [4.69, 9.17) is 0 Å². The first kappa shape index (κ1) is 18.8. The van der Waals surface area contributed by atoms with Crippen molar-refractivity contribution in [1.29, 1.82) is 0 Å². The fourth-order valence-corrected chi connectivity index (χ4v) is 4.75. The van der Waals surface area contributed by atoms with E-state index in [1.165, 1.54) is 11.3 Å². The van der Waals surface area contributed by atoms with Gasteiger partial charge in [0.1, 0.15) is 0 Å². The third-order valence-corrected chi connectivity index (χ3v) is 6.61. The van der Waals surface area contributed by atoms with Crippen LogP contribution >= 0.6 is 23.1 Å². The number of carbonyl (C=O) groups excluding carboxylic acids is 2. The number of hydrogen-bond donors (Lipinski definition) is 1. The molecule has 0 radical (unpaired) electrons. The van der Waals surface area contributed by atoms with Crippen molar-refractivity contribution in [1.82, 2.24) is 10.2 Å². The molecular weight excluding hydrogens is 368 g/mol. The highest BCUT2D eigenvalue weighted by Crippen LogP contribution is 2.31. The van der Waals surface area contributed by atoms with Gasteiger partial charge in [-0.25, -0.2) is 0 Å². The number of aryl methyl sites for hydroxylation is 1. The number of para-hydroxylation sites is 1. The van der Waals surface area contributed by atoms with E-state index >= 15 is 0 Å². The summed E-state index contributed by atoms with van der Waals surface area (Å²) in [5.41, 5.74) is 1.90. The molecule has 2 amide bonds. The monoisotopic (exact) mass is 390 g/mol. The number of anilines is 2. The first-order chi connectivity index (χ1) is 12.5. The second kappa shape index (κ2) is 8.18. The van der Waals surface area contributed by atoms with Gasteiger partial charge in [-0.2, -0.15) is 0 Å². The molecule has 6 nitrogen and oxygen atoms in total. The maximum atomic E-state index is 12.6. The molecular formula is C18H22N4O2S2. The first-order valence-electron chi connectivity index (χ1n) is 8.65. The Morgan fingerprint density at radius 2 is 2.19 bits per heavy atom. The second-order valence-electron chi connectivity index (χ2n) is 6.39. The van der Waals surface area contributed by atoms with Gasteiger partial charge in [0.15, 0.2) is 4.34 Å². The van der Waals surface area contributed by atoms with E-state index in [1.54, 1.807) is 16.7 Å². The predicted molar refractivity (Wildman–Crippen MR) is 106 cm³/mol. The van der Waals surface area contributed by atoms with E-state index in [9.17, 15) is 9.59 Å². The number of rotatable bonds is 6. The maximum absolute atomic E-state index is 12.6. The van der Waals surface area contributed by atoms with Gasteiger partial charge in [-0.05, 0) is 25.0 Å². The number of hydrogen-bond acceptors (Lipinski definition) is 6. The topological polar surface area (TPSA) is 75.2 Å². The number of nitrogens with one attached hydrogen (secondary N) is 1. The number of thioether (sulfide) groups is 1. The Kier molecular flexibility index (Phi) is 5.93. The molecule has 8 heteroatoms. The Hall–Kier alpha value is -1.93. The minimum atomic E-state index is -0.378. The lowest BCUT2D eigenvalue weighted by Crippen LogP contribution is -2.28. The smallest absolute Gasteiger partial charge is 0.231 e. The molecule has 1 N–H and O–H groups in total. The molecule has 0 unspecified atom stereocenters. The molecule has 0 aliphatic carbocycles. The Morgan fingerprint density at radius 3 is 2.92 bits per heavy atom. The second-order valence-corrected chi connectivity index (χ2v) is 9.05. The zero-order chi connectivity index (χ0) is 18.7. The zero-order valence-corrected chi connectivity index (χ0v) is 16.7. The van der Waals surface area contributed by atoms with Crippen molar-refractivity contribution >= 4 is 45.7 Å². The van der Waals surface area contributed by atoms with Crippen LogP contribution in [0.2, 0.25) is 0 Å². The lowest BCUT2D eigenvalue weighted by atomic mass is 10.1. The first-order valence-corrected chi connectivity index (χ1v) is 10.3. The van der Waals surface area contributed by atoms with Crippen molar-refractivity contribution < 1.29 is 9.59 Å². The molecule has 1 fully saturated rings. The number of aromatic nitrogens is 2. The van der Waals surface area contributed by atoms with Crippen LogP contribution in [0.4, 0.5) is 10.8 Å². The summed E-state index contributed by atoms with van der Waals surface area (Å²) < 4.78 is 0.846. The summed E-state index contributed by atoms with van der Waals surface area (Å²) >= 11 is 3.03. The highest BCUT2D eigenvalue weighted by Gasteiger charge is 2.36. The summed E-state index contributed by atoms with van der Waals surface area (Å²) in [5.74, 6) is -0.577. The van der Waals surface area contributed by atoms with Crippen LogP contribution in [0.1, 0.15) is 32.3 Å². The molecule has 1 aromatic carbocycles. The van der Waals surface area contributed by atoms with E-state index in [-0.39, 0.29) is 24.2 Å². The largest absolute Gasteiger partial charge is 0.311 e. The molecule has 0 saturated carbocycles. The van der Waals surface area contributed by atoms with Crippen molar-refractivity contribution in [2.24, 2.45) is 5.92 Å². The van der Waals surface area contributed by atoms with Gasteiger partial charge < -0.3 is 10.2 Å². The lowest BCUT2D eigenvalue weighted by Gasteiger charge is -2.18. The summed E-state index contributed by atoms with van der Waals surface area (Å²) in [5, 5.41) is 11.9. The van der Waals surface area contributed by atoms with Crippen LogP contribution in [0.3, 0.4) is 0 Å². The van der Waals surface area contributed by atoms with Crippen molar-refractivity contribution in [2.45, 2.75) is 43.2 Å². The van der Waals surface area contributed by atoms with Crippen molar-refractivity contribution in [3.8, 4) is 0 Å². The van der Waals surface area contributed by atoms with Gasteiger partial charge in [0.05, 0.1) is 5.92 Å². The Morgan fingerprint density at radius 1 is 1.42 bits per heavy atom. The van der Waals surface area contributed by atoms with Gasteiger partial charge in [0.2, 0.25) is 16.9 Å². The molecule has 2 aromatic rings. The molecule has 26 heavy (non-hydrogen) atoms. The fraction of sp³-hybridized carbons (Fsp3) is 0.444. The standard InChI is InChI=1S/C18H22N4O2S2/c1-4-12(3)25-18-21-20-17(26-18)19-16(24)13-9-15(23)22(10-13)14-8-6-5-7-11(14)2/h5-8,12-13H,4,9-10H2,1-3H3,(H,19,20,24)/t12-,13-/m0/s1. The molecule has 1 aliphatic rings. The fourth-order valence-electron chi connectivity index (χ4n) is 2.75. The molecule has 1 aliphatic heterocycles. The molecule has 1 aromatic heterocycles. The summed E-state index contributed by atoms with van der Waals surface area (Å²) in [6.45, 7) is 6.61. The predicted octanol–water partition coefficient (Wildman–Crippen LogP) is 3.73. The number of benzene rings is 1. The quantitative estimate of drug-likeness (QED) is 0.601. The van der Waals surface area contributed by atoms with Gasteiger partial charge in [-0.3, -0.25) is 9.59 Å². The highest BCUT2D eigenvalue weighted by atomic mass is 32.2. The number of carbonyl (C=O) groups is 2. The lowest BCUT2D eigenvalue weighted by molar-refractivity contribution is -0.122. The van der Waals surface area contributed by atoms with Gasteiger partial charge in [-0.1, -0.05) is 55.1 Å². The average molecular weight is 391 g/mol. The van der Waals surface area contributed by atoms with Crippen molar-refractivity contribution in [2.75, 3.05) is 16.8 Å². The van der Waals surface area contributed by atoms with Crippen LogP contribution in [0.25, 0.3) is 0 Å². The minimum Gasteiger partial charge on any atom is -0.311 e. The van der Waals surface area contributed by atoms with E-state index in [1.807, 2.05) is 31.2 Å².